The smallest absolute Gasteiger partial charge is 0.133 e. The molecule has 1 saturated carbocycles. The molecule has 11 heavy (non-hydrogen) atoms. The topological polar surface area (TPSA) is 46.5 Å². The van der Waals surface area contributed by atoms with Gasteiger partial charge in [-0.05, 0) is 19.8 Å². The van der Waals surface area contributed by atoms with Gasteiger partial charge >= 0.3 is 0 Å². The van der Waals surface area contributed by atoms with Crippen LogP contribution in [0.2, 0.25) is 0 Å². The van der Waals surface area contributed by atoms with Gasteiger partial charge in [0.2, 0.25) is 0 Å². The Kier molecular flexibility index (Phi) is 2.62. The average Bonchev–Trinajstić information content (AvgIpc) is 2.31. The van der Waals surface area contributed by atoms with Crippen molar-refractivity contribution in [3.8, 4) is 0 Å². The lowest BCUT2D eigenvalue weighted by molar-refractivity contribution is -0.120. The summed E-state index contributed by atoms with van der Waals surface area (Å²) < 4.78 is 5.00. The minimum atomic E-state index is -0.450. The van der Waals surface area contributed by atoms with E-state index in [9.17, 15) is 9.90 Å². The van der Waals surface area contributed by atoms with Gasteiger partial charge in [0.15, 0.2) is 0 Å². The lowest BCUT2D eigenvalue weighted by Gasteiger charge is -2.10. The number of methoxy groups -OCH3 is 1. The Morgan fingerprint density at radius 2 is 2.18 bits per heavy atom. The van der Waals surface area contributed by atoms with E-state index in [2.05, 4.69) is 0 Å². The van der Waals surface area contributed by atoms with Crippen molar-refractivity contribution < 1.29 is 14.6 Å². The number of hydrogen-bond acceptors (Lipinski definition) is 3. The second-order valence-corrected chi connectivity index (χ2v) is 3.12. The maximum atomic E-state index is 10.9. The Labute approximate surface area is 66.4 Å². The van der Waals surface area contributed by atoms with Crippen molar-refractivity contribution in [2.75, 3.05) is 7.11 Å². The van der Waals surface area contributed by atoms with Crippen molar-refractivity contribution in [1.82, 2.24) is 0 Å². The predicted molar refractivity (Wildman–Crippen MR) is 40.2 cm³/mol. The van der Waals surface area contributed by atoms with Gasteiger partial charge < -0.3 is 9.84 Å². The Morgan fingerprint density at radius 3 is 2.45 bits per heavy atom. The summed E-state index contributed by atoms with van der Waals surface area (Å²) in [6.45, 7) is 1.56. The number of ether oxygens (including phenoxy) is 1. The van der Waals surface area contributed by atoms with E-state index in [-0.39, 0.29) is 17.8 Å². The SMILES string of the molecule is CO[C@H]1C[C@@H](C(C)=O)C[C@H]1O. The van der Waals surface area contributed by atoms with Crippen LogP contribution < -0.4 is 0 Å². The number of aliphatic hydroxyl groups excluding tert-OH is 1. The van der Waals surface area contributed by atoms with E-state index in [0.29, 0.717) is 12.8 Å². The Bertz CT molecular complexity index is 155. The maximum Gasteiger partial charge on any atom is 0.133 e. The fourth-order valence-corrected chi connectivity index (χ4v) is 1.56. The van der Waals surface area contributed by atoms with Crippen LogP contribution in [0.5, 0.6) is 0 Å². The molecule has 0 amide bonds. The maximum absolute atomic E-state index is 10.9. The molecule has 1 aliphatic rings. The van der Waals surface area contributed by atoms with E-state index in [1.165, 1.54) is 0 Å². The first-order chi connectivity index (χ1) is 5.15. The van der Waals surface area contributed by atoms with Gasteiger partial charge in [0, 0.05) is 13.0 Å². The average molecular weight is 158 g/mol. The summed E-state index contributed by atoms with van der Waals surface area (Å²) in [7, 11) is 1.57. The molecule has 0 aliphatic heterocycles. The molecule has 64 valence electrons. The molecule has 0 aromatic rings. The predicted octanol–water partition coefficient (Wildman–Crippen LogP) is 0.361. The van der Waals surface area contributed by atoms with Crippen molar-refractivity contribution in [2.45, 2.75) is 32.0 Å². The minimum Gasteiger partial charge on any atom is -0.390 e. The van der Waals surface area contributed by atoms with Crippen molar-refractivity contribution in [2.24, 2.45) is 5.92 Å². The van der Waals surface area contributed by atoms with E-state index < -0.39 is 6.10 Å². The molecule has 0 bridgehead atoms. The van der Waals surface area contributed by atoms with Gasteiger partial charge in [-0.3, -0.25) is 4.79 Å². The first-order valence-corrected chi connectivity index (χ1v) is 3.86. The van der Waals surface area contributed by atoms with Gasteiger partial charge in [0.05, 0.1) is 12.2 Å². The Hall–Kier alpha value is -0.410. The van der Waals surface area contributed by atoms with E-state index in [0.717, 1.165) is 0 Å². The van der Waals surface area contributed by atoms with Gasteiger partial charge in [-0.2, -0.15) is 0 Å². The highest BCUT2D eigenvalue weighted by atomic mass is 16.5. The van der Waals surface area contributed by atoms with E-state index in [1.807, 2.05) is 0 Å². The third-order valence-corrected chi connectivity index (χ3v) is 2.35. The summed E-state index contributed by atoms with van der Waals surface area (Å²) >= 11 is 0. The molecule has 0 aromatic carbocycles. The van der Waals surface area contributed by atoms with Crippen molar-refractivity contribution in [3.63, 3.8) is 0 Å². The zero-order valence-corrected chi connectivity index (χ0v) is 6.91. The number of rotatable bonds is 2. The number of aliphatic hydroxyl groups is 1. The third kappa shape index (κ3) is 1.79. The largest absolute Gasteiger partial charge is 0.390 e. The number of ketones is 1. The van der Waals surface area contributed by atoms with Gasteiger partial charge in [-0.15, -0.1) is 0 Å². The third-order valence-electron chi connectivity index (χ3n) is 2.35. The van der Waals surface area contributed by atoms with E-state index in [4.69, 9.17) is 4.74 Å². The quantitative estimate of drug-likeness (QED) is 0.631. The highest BCUT2D eigenvalue weighted by Crippen LogP contribution is 2.28. The van der Waals surface area contributed by atoms with Crippen molar-refractivity contribution in [3.05, 3.63) is 0 Å². The van der Waals surface area contributed by atoms with Gasteiger partial charge in [-0.25, -0.2) is 0 Å². The lowest BCUT2D eigenvalue weighted by atomic mass is 10.0. The minimum absolute atomic E-state index is 0.00921. The molecule has 1 fully saturated rings. The molecule has 0 unspecified atom stereocenters. The van der Waals surface area contributed by atoms with Crippen LogP contribution in [0, 0.1) is 5.92 Å². The Morgan fingerprint density at radius 1 is 1.55 bits per heavy atom. The first kappa shape index (κ1) is 8.68. The Balaban J connectivity index is 2.49. The zero-order valence-electron chi connectivity index (χ0n) is 6.91. The highest BCUT2D eigenvalue weighted by Gasteiger charge is 2.34. The summed E-state index contributed by atoms with van der Waals surface area (Å²) in [5.41, 5.74) is 0. The molecular formula is C8H14O3. The first-order valence-electron chi connectivity index (χ1n) is 3.86. The summed E-state index contributed by atoms with van der Waals surface area (Å²) in [6.07, 6.45) is 0.652. The van der Waals surface area contributed by atoms with Crippen LogP contribution in [0.3, 0.4) is 0 Å². The standard InChI is InChI=1S/C8H14O3/c1-5(9)6-3-7(10)8(4-6)11-2/h6-8,10H,3-4H2,1-2H3/t6-,7+,8-/m0/s1. The van der Waals surface area contributed by atoms with E-state index in [1.54, 1.807) is 14.0 Å². The number of carbonyl (C=O) groups is 1. The second-order valence-electron chi connectivity index (χ2n) is 3.12. The number of Topliss-reactive ketones (excluding diaryl/α,β-unsaturated/α-hetero) is 1. The summed E-state index contributed by atoms with van der Waals surface area (Å²) in [4.78, 5) is 10.9. The monoisotopic (exact) mass is 158 g/mol. The number of carbonyl (C=O) groups excluding carboxylic acids is 1. The highest BCUT2D eigenvalue weighted by molar-refractivity contribution is 5.78. The molecule has 0 heterocycles. The zero-order chi connectivity index (χ0) is 8.43. The summed E-state index contributed by atoms with van der Waals surface area (Å²) in [5.74, 6) is 0.165. The molecule has 0 spiro atoms. The fourth-order valence-electron chi connectivity index (χ4n) is 1.56. The summed E-state index contributed by atoms with van der Waals surface area (Å²) in [5, 5.41) is 9.33. The van der Waals surface area contributed by atoms with Gasteiger partial charge in [0.1, 0.15) is 5.78 Å². The molecule has 1 aliphatic carbocycles. The van der Waals surface area contributed by atoms with Gasteiger partial charge in [0.25, 0.3) is 0 Å². The van der Waals surface area contributed by atoms with Crippen molar-refractivity contribution in [1.29, 1.82) is 0 Å². The van der Waals surface area contributed by atoms with Crippen LogP contribution in [0.1, 0.15) is 19.8 Å². The lowest BCUT2D eigenvalue weighted by Crippen LogP contribution is -2.20. The normalized spacial score (nSPS) is 37.5. The van der Waals surface area contributed by atoms with Crippen LogP contribution in [0.25, 0.3) is 0 Å². The molecule has 3 nitrogen and oxygen atoms in total. The van der Waals surface area contributed by atoms with E-state index >= 15 is 0 Å². The molecule has 1 N–H and O–H groups in total. The fraction of sp³-hybridized carbons (Fsp3) is 0.875. The van der Waals surface area contributed by atoms with Crippen LogP contribution in [0.15, 0.2) is 0 Å². The van der Waals surface area contributed by atoms with Gasteiger partial charge in [-0.1, -0.05) is 0 Å². The van der Waals surface area contributed by atoms with Crippen LogP contribution in [0.4, 0.5) is 0 Å². The summed E-state index contributed by atoms with van der Waals surface area (Å²) in [6, 6.07) is 0. The van der Waals surface area contributed by atoms with Crippen LogP contribution in [-0.2, 0) is 9.53 Å². The molecule has 0 radical (unpaired) electrons. The number of hydrogen-bond donors (Lipinski definition) is 1. The molecule has 3 atom stereocenters. The molecule has 1 rings (SSSR count). The second kappa shape index (κ2) is 3.32. The van der Waals surface area contributed by atoms with Crippen LogP contribution in [-0.4, -0.2) is 30.2 Å². The molecular weight excluding hydrogens is 144 g/mol. The molecule has 0 aromatic heterocycles. The van der Waals surface area contributed by atoms with Crippen LogP contribution >= 0.6 is 0 Å². The molecule has 3 heteroatoms. The molecule has 0 saturated heterocycles. The van der Waals surface area contributed by atoms with Crippen molar-refractivity contribution >= 4 is 5.78 Å².